The van der Waals surface area contributed by atoms with Gasteiger partial charge in [-0.25, -0.2) is 4.79 Å². The lowest BCUT2D eigenvalue weighted by atomic mass is 10.0. The Balaban J connectivity index is 1.36. The number of nitrogens with zero attached hydrogens (tertiary/aromatic N) is 4. The van der Waals surface area contributed by atoms with E-state index in [-0.39, 0.29) is 5.97 Å². The average molecular weight is 441 g/mol. The van der Waals surface area contributed by atoms with Gasteiger partial charge in [-0.05, 0) is 17.2 Å². The van der Waals surface area contributed by atoms with Gasteiger partial charge in [0, 0.05) is 31.2 Å². The highest BCUT2D eigenvalue weighted by molar-refractivity contribution is 6.31. The molecule has 1 unspecified atom stereocenters. The van der Waals surface area contributed by atoms with Crippen molar-refractivity contribution < 1.29 is 13.9 Å². The van der Waals surface area contributed by atoms with Crippen molar-refractivity contribution in [2.24, 2.45) is 0 Å². The Morgan fingerprint density at radius 1 is 1.03 bits per heavy atom. The second-order valence-corrected chi connectivity index (χ2v) is 7.92. The highest BCUT2D eigenvalue weighted by Gasteiger charge is 2.32. The number of piperazine rings is 1. The Morgan fingerprint density at radius 3 is 2.42 bits per heavy atom. The molecule has 1 saturated heterocycles. The van der Waals surface area contributed by atoms with Crippen LogP contribution in [-0.4, -0.2) is 59.3 Å². The van der Waals surface area contributed by atoms with Crippen LogP contribution < -0.4 is 0 Å². The first-order valence-corrected chi connectivity index (χ1v) is 10.7. The van der Waals surface area contributed by atoms with Gasteiger partial charge in [0.05, 0.1) is 20.1 Å². The van der Waals surface area contributed by atoms with Crippen molar-refractivity contribution in [3.8, 4) is 0 Å². The molecule has 2 heterocycles. The molecule has 4 rings (SSSR count). The molecule has 3 aromatic rings. The van der Waals surface area contributed by atoms with Gasteiger partial charge < -0.3 is 9.15 Å². The van der Waals surface area contributed by atoms with E-state index in [0.717, 1.165) is 24.2 Å². The van der Waals surface area contributed by atoms with Gasteiger partial charge in [-0.1, -0.05) is 60.1 Å². The number of benzene rings is 2. The van der Waals surface area contributed by atoms with Crippen LogP contribution in [0.15, 0.2) is 59.0 Å². The number of rotatable bonds is 7. The number of ether oxygens (including phenoxy) is 1. The molecule has 2 aromatic carbocycles. The molecule has 162 valence electrons. The minimum atomic E-state index is -0.512. The first-order valence-electron chi connectivity index (χ1n) is 10.3. The van der Waals surface area contributed by atoms with E-state index in [1.54, 1.807) is 6.07 Å². The summed E-state index contributed by atoms with van der Waals surface area (Å²) in [7, 11) is 1.41. The van der Waals surface area contributed by atoms with E-state index < -0.39 is 6.04 Å². The SMILES string of the molecule is COC(=O)C(c1ccccc1Cl)N1CCN(Cc2nnc(Cc3ccccc3)o2)CC1. The quantitative estimate of drug-likeness (QED) is 0.522. The van der Waals surface area contributed by atoms with E-state index in [9.17, 15) is 4.79 Å². The fraction of sp³-hybridized carbons (Fsp3) is 0.348. The molecule has 1 aromatic heterocycles. The summed E-state index contributed by atoms with van der Waals surface area (Å²) in [6, 6.07) is 17.0. The van der Waals surface area contributed by atoms with Crippen LogP contribution in [0, 0.1) is 0 Å². The van der Waals surface area contributed by atoms with Crippen LogP contribution in [0.4, 0.5) is 0 Å². The molecule has 1 aliphatic heterocycles. The van der Waals surface area contributed by atoms with Gasteiger partial charge in [-0.3, -0.25) is 9.80 Å². The third-order valence-corrected chi connectivity index (χ3v) is 5.81. The van der Waals surface area contributed by atoms with Crippen LogP contribution >= 0.6 is 11.6 Å². The molecule has 0 bridgehead atoms. The lowest BCUT2D eigenvalue weighted by molar-refractivity contribution is -0.148. The van der Waals surface area contributed by atoms with Crippen molar-refractivity contribution in [1.82, 2.24) is 20.0 Å². The maximum absolute atomic E-state index is 12.5. The Hall–Kier alpha value is -2.74. The van der Waals surface area contributed by atoms with Crippen molar-refractivity contribution in [1.29, 1.82) is 0 Å². The van der Waals surface area contributed by atoms with Crippen molar-refractivity contribution >= 4 is 17.6 Å². The Bertz CT molecular complexity index is 1000. The smallest absolute Gasteiger partial charge is 0.327 e. The number of aromatic nitrogens is 2. The monoisotopic (exact) mass is 440 g/mol. The molecule has 0 radical (unpaired) electrons. The number of carbonyl (C=O) groups excluding carboxylic acids is 1. The van der Waals surface area contributed by atoms with Crippen molar-refractivity contribution in [3.63, 3.8) is 0 Å². The number of halogens is 1. The summed E-state index contributed by atoms with van der Waals surface area (Å²) in [6.45, 7) is 3.54. The first-order chi connectivity index (χ1) is 15.1. The topological polar surface area (TPSA) is 71.7 Å². The standard InChI is InChI=1S/C23H25ClN4O3/c1-30-23(29)22(18-9-5-6-10-19(18)24)28-13-11-27(12-14-28)16-21-26-25-20(31-21)15-17-7-3-2-4-8-17/h2-10,22H,11-16H2,1H3. The van der Waals surface area contributed by atoms with Crippen LogP contribution in [0.5, 0.6) is 0 Å². The number of hydrogen-bond acceptors (Lipinski definition) is 7. The molecule has 0 saturated carbocycles. The summed E-state index contributed by atoms with van der Waals surface area (Å²) in [5.41, 5.74) is 1.91. The van der Waals surface area contributed by atoms with Gasteiger partial charge in [0.2, 0.25) is 11.8 Å². The van der Waals surface area contributed by atoms with Gasteiger partial charge in [0.15, 0.2) is 0 Å². The lowest BCUT2D eigenvalue weighted by Gasteiger charge is -2.37. The summed E-state index contributed by atoms with van der Waals surface area (Å²) in [4.78, 5) is 16.9. The minimum Gasteiger partial charge on any atom is -0.468 e. The largest absolute Gasteiger partial charge is 0.468 e. The Morgan fingerprint density at radius 2 is 1.71 bits per heavy atom. The van der Waals surface area contributed by atoms with Crippen molar-refractivity contribution in [3.05, 3.63) is 82.5 Å². The van der Waals surface area contributed by atoms with Crippen molar-refractivity contribution in [2.75, 3.05) is 33.3 Å². The third-order valence-electron chi connectivity index (χ3n) is 5.46. The molecule has 0 N–H and O–H groups in total. The van der Waals surface area contributed by atoms with Gasteiger partial charge in [-0.2, -0.15) is 0 Å². The van der Waals surface area contributed by atoms with E-state index in [4.69, 9.17) is 20.8 Å². The van der Waals surface area contributed by atoms with Gasteiger partial charge >= 0.3 is 5.97 Å². The van der Waals surface area contributed by atoms with Crippen LogP contribution in [0.1, 0.15) is 29.0 Å². The zero-order valence-electron chi connectivity index (χ0n) is 17.4. The molecule has 31 heavy (non-hydrogen) atoms. The maximum atomic E-state index is 12.5. The number of carbonyl (C=O) groups is 1. The van der Waals surface area contributed by atoms with Gasteiger partial charge in [-0.15, -0.1) is 10.2 Å². The minimum absolute atomic E-state index is 0.302. The molecule has 0 aliphatic carbocycles. The molecule has 0 amide bonds. The van der Waals surface area contributed by atoms with E-state index in [1.165, 1.54) is 7.11 Å². The number of esters is 1. The molecule has 8 heteroatoms. The van der Waals surface area contributed by atoms with Crippen molar-refractivity contribution in [2.45, 2.75) is 19.0 Å². The van der Waals surface area contributed by atoms with Crippen LogP contribution in [-0.2, 0) is 22.5 Å². The fourth-order valence-electron chi connectivity index (χ4n) is 3.85. The molecule has 1 atom stereocenters. The van der Waals surface area contributed by atoms with Crippen LogP contribution in [0.2, 0.25) is 5.02 Å². The summed E-state index contributed by atoms with van der Waals surface area (Å²) in [5.74, 6) is 0.920. The normalized spacial score (nSPS) is 16.2. The average Bonchev–Trinajstić information content (AvgIpc) is 3.23. The highest BCUT2D eigenvalue weighted by atomic mass is 35.5. The Labute approximate surface area is 186 Å². The zero-order chi connectivity index (χ0) is 21.6. The summed E-state index contributed by atoms with van der Waals surface area (Å²) in [6.07, 6.45) is 0.625. The van der Waals surface area contributed by atoms with Gasteiger partial charge in [0.1, 0.15) is 6.04 Å². The van der Waals surface area contributed by atoms with Gasteiger partial charge in [0.25, 0.3) is 0 Å². The summed E-state index contributed by atoms with van der Waals surface area (Å²) < 4.78 is 10.9. The van der Waals surface area contributed by atoms with E-state index in [0.29, 0.717) is 42.9 Å². The van der Waals surface area contributed by atoms with E-state index >= 15 is 0 Å². The molecule has 0 spiro atoms. The fourth-order valence-corrected chi connectivity index (χ4v) is 4.09. The molecular weight excluding hydrogens is 416 g/mol. The predicted molar refractivity (Wildman–Crippen MR) is 117 cm³/mol. The first kappa shape index (κ1) is 21.5. The van der Waals surface area contributed by atoms with Crippen LogP contribution in [0.3, 0.4) is 0 Å². The molecule has 1 aliphatic rings. The highest BCUT2D eigenvalue weighted by Crippen LogP contribution is 2.29. The molecule has 7 nitrogen and oxygen atoms in total. The molecular formula is C23H25ClN4O3. The van der Waals surface area contributed by atoms with E-state index in [2.05, 4.69) is 20.0 Å². The third kappa shape index (κ3) is 5.31. The second kappa shape index (κ2) is 10.0. The Kier molecular flexibility index (Phi) is 6.96. The maximum Gasteiger partial charge on any atom is 0.327 e. The number of methoxy groups -OCH3 is 1. The van der Waals surface area contributed by atoms with Crippen LogP contribution in [0.25, 0.3) is 0 Å². The predicted octanol–water partition coefficient (Wildman–Crippen LogP) is 3.35. The second-order valence-electron chi connectivity index (χ2n) is 7.51. The zero-order valence-corrected chi connectivity index (χ0v) is 18.2. The summed E-state index contributed by atoms with van der Waals surface area (Å²) in [5, 5.41) is 8.94. The summed E-state index contributed by atoms with van der Waals surface area (Å²) >= 11 is 6.36. The molecule has 1 fully saturated rings. The lowest BCUT2D eigenvalue weighted by Crippen LogP contribution is -2.49. The number of hydrogen-bond donors (Lipinski definition) is 0. The van der Waals surface area contributed by atoms with E-state index in [1.807, 2.05) is 48.5 Å².